The molecule has 6 rings (SSSR count). The molecule has 4 N–H and O–H groups in total. The van der Waals surface area contributed by atoms with Crippen LogP contribution in [-0.4, -0.2) is 25.7 Å². The Morgan fingerprint density at radius 1 is 1.39 bits per heavy atom. The van der Waals surface area contributed by atoms with Crippen molar-refractivity contribution < 1.29 is 31.0 Å². The number of pyridine rings is 2. The van der Waals surface area contributed by atoms with Crippen LogP contribution in [0.25, 0.3) is 22.3 Å². The van der Waals surface area contributed by atoms with Crippen molar-refractivity contribution in [2.24, 2.45) is 5.73 Å². The van der Waals surface area contributed by atoms with Gasteiger partial charge in [-0.05, 0) is 36.4 Å². The maximum atomic E-state index is 14.9. The number of fused-ring (bicyclic) bond motifs is 5. The molecule has 0 fully saturated rings. The highest BCUT2D eigenvalue weighted by Gasteiger charge is 2.45. The Labute approximate surface area is 194 Å². The Bertz CT molecular complexity index is 1650. The molecule has 4 heterocycles. The van der Waals surface area contributed by atoms with Gasteiger partial charge < -0.3 is 25.3 Å². The molecule has 0 saturated heterocycles. The first-order chi connectivity index (χ1) is 17.7. The molecule has 2 aliphatic heterocycles. The number of aliphatic hydroxyl groups is 2. The average molecular weight is 456 g/mol. The lowest BCUT2D eigenvalue weighted by Gasteiger charge is -2.31. The fourth-order valence-electron chi connectivity index (χ4n) is 5.39. The molecular formula is C24H22FN3O5. The summed E-state index contributed by atoms with van der Waals surface area (Å²) in [6.45, 7) is -4.54. The van der Waals surface area contributed by atoms with Crippen molar-refractivity contribution >= 4 is 16.9 Å². The second-order valence-corrected chi connectivity index (χ2v) is 8.59. The number of carbonyl (C=O) groups excluding carboxylic acids is 1. The molecule has 0 saturated carbocycles. The molecule has 1 aliphatic carbocycles. The maximum absolute atomic E-state index is 14.9. The summed E-state index contributed by atoms with van der Waals surface area (Å²) in [4.78, 5) is 30.9. The van der Waals surface area contributed by atoms with Crippen LogP contribution in [0.4, 0.5) is 4.39 Å². The van der Waals surface area contributed by atoms with Gasteiger partial charge in [-0.3, -0.25) is 4.79 Å². The molecule has 0 unspecified atom stereocenters. The van der Waals surface area contributed by atoms with Crippen molar-refractivity contribution in [1.29, 1.82) is 0 Å². The van der Waals surface area contributed by atoms with Gasteiger partial charge in [-0.2, -0.15) is 0 Å². The first-order valence-corrected chi connectivity index (χ1v) is 10.4. The molecule has 0 bridgehead atoms. The largest absolute Gasteiger partial charge is 0.458 e. The molecule has 0 amide bonds. The van der Waals surface area contributed by atoms with Gasteiger partial charge in [0.15, 0.2) is 5.60 Å². The van der Waals surface area contributed by atoms with Crippen molar-refractivity contribution in [2.45, 2.75) is 57.5 Å². The van der Waals surface area contributed by atoms with Gasteiger partial charge >= 0.3 is 5.97 Å². The molecule has 0 radical (unpaired) electrons. The van der Waals surface area contributed by atoms with Crippen molar-refractivity contribution in [3.8, 4) is 11.4 Å². The summed E-state index contributed by atoms with van der Waals surface area (Å²) < 4.78 is 60.3. The molecule has 8 nitrogen and oxygen atoms in total. The quantitative estimate of drug-likeness (QED) is 0.392. The second kappa shape index (κ2) is 6.69. The monoisotopic (exact) mass is 456 g/mol. The van der Waals surface area contributed by atoms with Gasteiger partial charge in [-0.15, -0.1) is 0 Å². The number of aliphatic hydroxyl groups excluding tert-OH is 1. The van der Waals surface area contributed by atoms with Gasteiger partial charge in [-0.1, -0.05) is 6.85 Å². The van der Waals surface area contributed by atoms with E-state index < -0.39 is 61.0 Å². The van der Waals surface area contributed by atoms with Crippen LogP contribution in [-0.2, 0) is 41.3 Å². The zero-order valence-electron chi connectivity index (χ0n) is 22.2. The number of aromatic nitrogens is 2. The number of benzene rings is 1. The van der Waals surface area contributed by atoms with E-state index in [4.69, 9.17) is 17.3 Å². The molecule has 9 heteroatoms. The lowest BCUT2D eigenvalue weighted by atomic mass is 9.82. The van der Waals surface area contributed by atoms with E-state index in [1.165, 1.54) is 16.7 Å². The first-order valence-electron chi connectivity index (χ1n) is 12.9. The number of cyclic esters (lactones) is 1. The summed E-state index contributed by atoms with van der Waals surface area (Å²) >= 11 is 0. The highest BCUT2D eigenvalue weighted by molar-refractivity contribution is 5.93. The van der Waals surface area contributed by atoms with Crippen LogP contribution in [0.5, 0.6) is 0 Å². The third-order valence-corrected chi connectivity index (χ3v) is 6.99. The third-order valence-electron chi connectivity index (χ3n) is 6.99. The fraction of sp³-hybridized carbons (Fsp3) is 0.375. The molecule has 3 aliphatic rings. The number of nitrogens with zero attached hydrogens (tertiary/aromatic N) is 2. The lowest BCUT2D eigenvalue weighted by Crippen LogP contribution is -2.44. The minimum atomic E-state index is -3.51. The van der Waals surface area contributed by atoms with E-state index >= 15 is 0 Å². The van der Waals surface area contributed by atoms with E-state index in [0.29, 0.717) is 34.9 Å². The lowest BCUT2D eigenvalue weighted by molar-refractivity contribution is -0.172. The number of ether oxygens (including phenoxy) is 1. The van der Waals surface area contributed by atoms with Crippen LogP contribution in [0.1, 0.15) is 65.9 Å². The van der Waals surface area contributed by atoms with E-state index in [1.807, 2.05) is 0 Å². The zero-order valence-corrected chi connectivity index (χ0v) is 17.2. The number of carbonyl (C=O) groups is 1. The van der Waals surface area contributed by atoms with Gasteiger partial charge in [0.25, 0.3) is 5.56 Å². The molecule has 3 aromatic rings. The van der Waals surface area contributed by atoms with E-state index in [9.17, 15) is 24.2 Å². The van der Waals surface area contributed by atoms with E-state index in [-0.39, 0.29) is 34.6 Å². The molecule has 0 spiro atoms. The summed E-state index contributed by atoms with van der Waals surface area (Å²) in [5.41, 5.74) is 4.21. The van der Waals surface area contributed by atoms with E-state index in [1.54, 1.807) is 0 Å². The predicted octanol–water partition coefficient (Wildman–Crippen LogP) is 1.66. The predicted molar refractivity (Wildman–Crippen MR) is 116 cm³/mol. The van der Waals surface area contributed by atoms with Crippen molar-refractivity contribution in [3.05, 3.63) is 61.7 Å². The van der Waals surface area contributed by atoms with E-state index in [0.717, 1.165) is 0 Å². The summed E-state index contributed by atoms with van der Waals surface area (Å²) in [6, 6.07) is 1.88. The van der Waals surface area contributed by atoms with E-state index in [2.05, 4.69) is 4.98 Å². The Hall–Kier alpha value is -3.14. The standard InChI is InChI=1S/C24H22FN3O5/c1-2-24(32)14-5-18-21-11(7-28(18)22(30)13(14)9-33-23(24)31)19-16(26)4-3-10-12(8-29)15(25)6-17(27-21)20(10)19/h5-6,16,29,32H,2-4,7-9,26H2,1H3/t16-,24-/m0/s1/i1D3,2D2. The van der Waals surface area contributed by atoms with Gasteiger partial charge in [0.05, 0.1) is 35.6 Å². The molecule has 170 valence electrons. The Morgan fingerprint density at radius 2 is 2.21 bits per heavy atom. The summed E-state index contributed by atoms with van der Waals surface area (Å²) in [6.07, 6.45) is -2.63. The average Bonchev–Trinajstić information content (AvgIpc) is 3.21. The minimum Gasteiger partial charge on any atom is -0.458 e. The number of nitrogens with two attached hydrogens (primary N) is 1. The minimum absolute atomic E-state index is 0.00651. The Balaban J connectivity index is 1.68. The highest BCUT2D eigenvalue weighted by Crippen LogP contribution is 2.45. The maximum Gasteiger partial charge on any atom is 0.343 e. The number of halogens is 1. The van der Waals surface area contributed by atoms with Crippen LogP contribution >= 0.6 is 0 Å². The first kappa shape index (κ1) is 15.7. The van der Waals surface area contributed by atoms with Crippen LogP contribution in [0.3, 0.4) is 0 Å². The molecular weight excluding hydrogens is 429 g/mol. The van der Waals surface area contributed by atoms with Crippen LogP contribution in [0.15, 0.2) is 16.9 Å². The molecule has 2 atom stereocenters. The van der Waals surface area contributed by atoms with Crippen molar-refractivity contribution in [2.75, 3.05) is 0 Å². The number of esters is 1. The second-order valence-electron chi connectivity index (χ2n) is 8.59. The topological polar surface area (TPSA) is 128 Å². The summed E-state index contributed by atoms with van der Waals surface area (Å²) in [7, 11) is 0. The fourth-order valence-corrected chi connectivity index (χ4v) is 5.39. The van der Waals surface area contributed by atoms with Gasteiger partial charge in [0.1, 0.15) is 12.4 Å². The van der Waals surface area contributed by atoms with Crippen molar-refractivity contribution in [1.82, 2.24) is 9.55 Å². The summed E-state index contributed by atoms with van der Waals surface area (Å²) in [5, 5.41) is 21.7. The third kappa shape index (κ3) is 2.47. The van der Waals surface area contributed by atoms with Gasteiger partial charge in [0, 0.05) is 41.0 Å². The number of hydrogen-bond donors (Lipinski definition) is 3. The van der Waals surface area contributed by atoms with Crippen molar-refractivity contribution in [3.63, 3.8) is 0 Å². The number of hydrogen-bond acceptors (Lipinski definition) is 7. The number of aryl methyl sites for hydroxylation is 1. The smallest absolute Gasteiger partial charge is 0.343 e. The summed E-state index contributed by atoms with van der Waals surface area (Å²) in [5.74, 6) is -2.17. The Morgan fingerprint density at radius 3 is 2.97 bits per heavy atom. The van der Waals surface area contributed by atoms with Crippen LogP contribution in [0, 0.1) is 5.82 Å². The highest BCUT2D eigenvalue weighted by atomic mass is 19.1. The molecule has 1 aromatic carbocycles. The van der Waals surface area contributed by atoms with Crippen LogP contribution in [0.2, 0.25) is 0 Å². The molecule has 33 heavy (non-hydrogen) atoms. The SMILES string of the molecule is [2H]C([2H])([2H])C([2H])([2H])[C@@]1(O)C(=O)OCc2c1cc1n(c2=O)Cc2c-1nc1cc(F)c(CO)c3c1c2[C@@H](N)CC3. The van der Waals surface area contributed by atoms with Crippen LogP contribution < -0.4 is 11.3 Å². The molecule has 2 aromatic heterocycles. The normalized spacial score (nSPS) is 25.8. The number of rotatable bonds is 2. The Kier molecular flexibility index (Phi) is 3.17. The zero-order chi connectivity index (χ0) is 27.5. The van der Waals surface area contributed by atoms with Gasteiger partial charge in [-0.25, -0.2) is 14.2 Å². The van der Waals surface area contributed by atoms with Gasteiger partial charge in [0.2, 0.25) is 0 Å².